The number of rotatable bonds is 4. The van der Waals surface area contributed by atoms with Gasteiger partial charge in [-0.15, -0.1) is 0 Å². The predicted octanol–water partition coefficient (Wildman–Crippen LogP) is 1.28. The van der Waals surface area contributed by atoms with Crippen molar-refractivity contribution in [2.75, 3.05) is 0 Å². The zero-order chi connectivity index (χ0) is 10.6. The minimum absolute atomic E-state index is 0.354. The molecule has 14 heavy (non-hydrogen) atoms. The first-order chi connectivity index (χ1) is 6.63. The lowest BCUT2D eigenvalue weighted by molar-refractivity contribution is -0.138. The Bertz CT molecular complexity index is 330. The fraction of sp³-hybridized carbons (Fsp3) is 0.182. The topological polar surface area (TPSA) is 63.3 Å². The first-order valence-electron chi connectivity index (χ1n) is 4.33. The third kappa shape index (κ3) is 2.71. The third-order valence-corrected chi connectivity index (χ3v) is 1.99. The molecule has 0 spiro atoms. The van der Waals surface area contributed by atoms with Crippen molar-refractivity contribution in [3.8, 4) is 0 Å². The second kappa shape index (κ2) is 4.58. The van der Waals surface area contributed by atoms with E-state index < -0.39 is 12.0 Å². The van der Waals surface area contributed by atoms with E-state index in [0.717, 1.165) is 11.1 Å². The van der Waals surface area contributed by atoms with Gasteiger partial charge < -0.3 is 10.8 Å². The number of carboxylic acids is 1. The molecule has 3 N–H and O–H groups in total. The summed E-state index contributed by atoms with van der Waals surface area (Å²) in [5.41, 5.74) is 7.33. The summed E-state index contributed by atoms with van der Waals surface area (Å²) in [5.74, 6) is -0.974. The molecule has 0 unspecified atom stereocenters. The van der Waals surface area contributed by atoms with E-state index in [1.54, 1.807) is 6.08 Å². The van der Waals surface area contributed by atoms with Crippen LogP contribution in [-0.2, 0) is 11.2 Å². The number of carbonyl (C=O) groups is 1. The van der Waals surface area contributed by atoms with Crippen molar-refractivity contribution < 1.29 is 9.90 Å². The van der Waals surface area contributed by atoms with Gasteiger partial charge in [0, 0.05) is 0 Å². The monoisotopic (exact) mass is 191 g/mol. The van der Waals surface area contributed by atoms with Crippen molar-refractivity contribution in [3.63, 3.8) is 0 Å². The third-order valence-electron chi connectivity index (χ3n) is 1.99. The molecule has 0 amide bonds. The molecule has 0 aliphatic heterocycles. The molecule has 3 nitrogen and oxygen atoms in total. The van der Waals surface area contributed by atoms with Crippen LogP contribution in [0, 0.1) is 0 Å². The van der Waals surface area contributed by atoms with Gasteiger partial charge in [-0.3, -0.25) is 4.79 Å². The first-order valence-corrected chi connectivity index (χ1v) is 4.33. The minimum atomic E-state index is -0.974. The van der Waals surface area contributed by atoms with E-state index in [2.05, 4.69) is 6.58 Å². The maximum Gasteiger partial charge on any atom is 0.320 e. The lowest BCUT2D eigenvalue weighted by atomic mass is 10.0. The van der Waals surface area contributed by atoms with Crippen molar-refractivity contribution in [1.82, 2.24) is 0 Å². The van der Waals surface area contributed by atoms with Crippen LogP contribution < -0.4 is 5.73 Å². The summed E-state index contributed by atoms with van der Waals surface area (Å²) < 4.78 is 0. The number of benzene rings is 1. The summed E-state index contributed by atoms with van der Waals surface area (Å²) in [5, 5.41) is 8.60. The quantitative estimate of drug-likeness (QED) is 0.753. The van der Waals surface area contributed by atoms with Gasteiger partial charge in [-0.2, -0.15) is 0 Å². The fourth-order valence-corrected chi connectivity index (χ4v) is 1.13. The van der Waals surface area contributed by atoms with Crippen LogP contribution in [0.2, 0.25) is 0 Å². The van der Waals surface area contributed by atoms with Gasteiger partial charge in [-0.1, -0.05) is 36.9 Å². The Morgan fingerprint density at radius 1 is 1.50 bits per heavy atom. The van der Waals surface area contributed by atoms with E-state index in [4.69, 9.17) is 10.8 Å². The Labute approximate surface area is 82.9 Å². The molecular weight excluding hydrogens is 178 g/mol. The molecule has 0 fully saturated rings. The molecule has 0 saturated heterocycles. The second-order valence-electron chi connectivity index (χ2n) is 3.09. The molecular formula is C11H13NO2. The molecule has 1 aromatic rings. The second-order valence-corrected chi connectivity index (χ2v) is 3.09. The number of carboxylic acid groups (broad SMARTS) is 1. The highest BCUT2D eigenvalue weighted by atomic mass is 16.4. The van der Waals surface area contributed by atoms with Crippen LogP contribution in [0.3, 0.4) is 0 Å². The summed E-state index contributed by atoms with van der Waals surface area (Å²) in [6, 6.07) is 6.66. The van der Waals surface area contributed by atoms with E-state index in [1.165, 1.54) is 0 Å². The van der Waals surface area contributed by atoms with E-state index in [-0.39, 0.29) is 0 Å². The van der Waals surface area contributed by atoms with Crippen LogP contribution in [0.15, 0.2) is 30.8 Å². The zero-order valence-electron chi connectivity index (χ0n) is 7.81. The SMILES string of the molecule is C=Cc1ccc(C[C@@H](N)C(=O)O)cc1. The molecule has 1 atom stereocenters. The minimum Gasteiger partial charge on any atom is -0.480 e. The summed E-state index contributed by atoms with van der Waals surface area (Å²) >= 11 is 0. The molecule has 1 rings (SSSR count). The Morgan fingerprint density at radius 3 is 2.50 bits per heavy atom. The summed E-state index contributed by atoms with van der Waals surface area (Å²) in [7, 11) is 0. The number of aliphatic carboxylic acids is 1. The van der Waals surface area contributed by atoms with Gasteiger partial charge in [0.15, 0.2) is 0 Å². The number of hydrogen-bond donors (Lipinski definition) is 2. The molecule has 0 radical (unpaired) electrons. The van der Waals surface area contributed by atoms with Crippen LogP contribution in [-0.4, -0.2) is 17.1 Å². The Morgan fingerprint density at radius 2 is 2.07 bits per heavy atom. The molecule has 0 heterocycles. The molecule has 0 aromatic heterocycles. The van der Waals surface area contributed by atoms with Crippen molar-refractivity contribution in [2.24, 2.45) is 5.73 Å². The summed E-state index contributed by atoms with van der Waals surface area (Å²) in [6.07, 6.45) is 2.09. The maximum atomic E-state index is 10.5. The Kier molecular flexibility index (Phi) is 3.42. The molecule has 0 aliphatic rings. The Hall–Kier alpha value is -1.61. The van der Waals surface area contributed by atoms with Crippen LogP contribution in [0.4, 0.5) is 0 Å². The summed E-state index contributed by atoms with van der Waals surface area (Å²) in [4.78, 5) is 10.5. The molecule has 0 aliphatic carbocycles. The molecule has 3 heteroatoms. The normalized spacial score (nSPS) is 12.1. The number of nitrogens with two attached hydrogens (primary N) is 1. The average molecular weight is 191 g/mol. The highest BCUT2D eigenvalue weighted by molar-refractivity contribution is 5.73. The molecule has 0 saturated carbocycles. The van der Waals surface area contributed by atoms with Gasteiger partial charge >= 0.3 is 5.97 Å². The average Bonchev–Trinajstić information content (AvgIpc) is 2.19. The molecule has 0 bridgehead atoms. The highest BCUT2D eigenvalue weighted by Gasteiger charge is 2.11. The van der Waals surface area contributed by atoms with E-state index in [9.17, 15) is 4.79 Å². The van der Waals surface area contributed by atoms with Gasteiger partial charge in [0.05, 0.1) is 0 Å². The van der Waals surface area contributed by atoms with Gasteiger partial charge in [-0.05, 0) is 17.5 Å². The Balaban J connectivity index is 2.68. The van der Waals surface area contributed by atoms with E-state index in [0.29, 0.717) is 6.42 Å². The molecule has 74 valence electrons. The van der Waals surface area contributed by atoms with Crippen LogP contribution in [0.25, 0.3) is 6.08 Å². The van der Waals surface area contributed by atoms with Crippen LogP contribution in [0.5, 0.6) is 0 Å². The van der Waals surface area contributed by atoms with Gasteiger partial charge in [0.1, 0.15) is 6.04 Å². The van der Waals surface area contributed by atoms with Crippen molar-refractivity contribution in [2.45, 2.75) is 12.5 Å². The van der Waals surface area contributed by atoms with E-state index in [1.807, 2.05) is 24.3 Å². The van der Waals surface area contributed by atoms with E-state index >= 15 is 0 Å². The maximum absolute atomic E-state index is 10.5. The summed E-state index contributed by atoms with van der Waals surface area (Å²) in [6.45, 7) is 3.63. The van der Waals surface area contributed by atoms with Crippen LogP contribution in [0.1, 0.15) is 11.1 Å². The van der Waals surface area contributed by atoms with Gasteiger partial charge in [0.25, 0.3) is 0 Å². The van der Waals surface area contributed by atoms with Crippen molar-refractivity contribution in [3.05, 3.63) is 42.0 Å². The lowest BCUT2D eigenvalue weighted by Crippen LogP contribution is -2.32. The molecule has 1 aromatic carbocycles. The zero-order valence-corrected chi connectivity index (χ0v) is 7.81. The standard InChI is InChI=1S/C11H13NO2/c1-2-8-3-5-9(6-4-8)7-10(12)11(13)14/h2-6,10H,1,7,12H2,(H,13,14)/t10-/m1/s1. The largest absolute Gasteiger partial charge is 0.480 e. The van der Waals surface area contributed by atoms with Gasteiger partial charge in [-0.25, -0.2) is 0 Å². The smallest absolute Gasteiger partial charge is 0.320 e. The van der Waals surface area contributed by atoms with Crippen molar-refractivity contribution >= 4 is 12.0 Å². The predicted molar refractivity (Wildman–Crippen MR) is 55.8 cm³/mol. The first kappa shape index (κ1) is 10.5. The van der Waals surface area contributed by atoms with Crippen molar-refractivity contribution in [1.29, 1.82) is 0 Å². The fourth-order valence-electron chi connectivity index (χ4n) is 1.13. The van der Waals surface area contributed by atoms with Crippen LogP contribution >= 0.6 is 0 Å². The number of hydrogen-bond acceptors (Lipinski definition) is 2. The lowest BCUT2D eigenvalue weighted by Gasteiger charge is -2.06. The highest BCUT2D eigenvalue weighted by Crippen LogP contribution is 2.07. The van der Waals surface area contributed by atoms with Gasteiger partial charge in [0.2, 0.25) is 0 Å².